The molecule has 1 aliphatic carbocycles. The van der Waals surface area contributed by atoms with Crippen molar-refractivity contribution in [1.82, 2.24) is 10.6 Å². The number of hydrogen-bond donors (Lipinski definition) is 2. The van der Waals surface area contributed by atoms with Crippen molar-refractivity contribution in [2.24, 2.45) is 11.3 Å². The Labute approximate surface area is 105 Å². The standard InChI is InChI=1S/C13H16N2O3/c1-4-9-6-13(5-7(2)8(9)3)10(16)14-12(18)15-11(13)17/h4,9H,1,5-6H2,2-3H3,(H2,14,15,16,17,18). The van der Waals surface area contributed by atoms with Crippen LogP contribution in [0.15, 0.2) is 23.8 Å². The molecular weight excluding hydrogens is 232 g/mol. The molecule has 2 N–H and O–H groups in total. The molecule has 1 heterocycles. The molecule has 1 unspecified atom stereocenters. The van der Waals surface area contributed by atoms with Gasteiger partial charge in [-0.3, -0.25) is 20.2 Å². The van der Waals surface area contributed by atoms with Crippen molar-refractivity contribution in [3.05, 3.63) is 23.8 Å². The number of nitrogens with one attached hydrogen (secondary N) is 2. The summed E-state index contributed by atoms with van der Waals surface area (Å²) in [5.41, 5.74) is 0.982. The molecule has 0 aromatic carbocycles. The molecule has 2 rings (SSSR count). The van der Waals surface area contributed by atoms with Crippen LogP contribution in [0.5, 0.6) is 0 Å². The number of hydrogen-bond acceptors (Lipinski definition) is 3. The number of barbiturate groups is 1. The fraction of sp³-hybridized carbons (Fsp3) is 0.462. The van der Waals surface area contributed by atoms with Crippen LogP contribution in [0, 0.1) is 11.3 Å². The zero-order valence-corrected chi connectivity index (χ0v) is 10.5. The predicted molar refractivity (Wildman–Crippen MR) is 65.4 cm³/mol. The Bertz CT molecular complexity index is 470. The van der Waals surface area contributed by atoms with E-state index in [4.69, 9.17) is 0 Å². The van der Waals surface area contributed by atoms with Crippen LogP contribution in [0.4, 0.5) is 4.79 Å². The first-order valence-corrected chi connectivity index (χ1v) is 5.86. The van der Waals surface area contributed by atoms with Crippen molar-refractivity contribution < 1.29 is 14.4 Å². The maximum atomic E-state index is 12.1. The summed E-state index contributed by atoms with van der Waals surface area (Å²) in [6.45, 7) is 7.64. The molecule has 0 radical (unpaired) electrons. The summed E-state index contributed by atoms with van der Waals surface area (Å²) in [5, 5.41) is 4.37. The van der Waals surface area contributed by atoms with Crippen molar-refractivity contribution in [3.8, 4) is 0 Å². The van der Waals surface area contributed by atoms with Crippen LogP contribution in [-0.2, 0) is 9.59 Å². The molecule has 18 heavy (non-hydrogen) atoms. The second-order valence-corrected chi connectivity index (χ2v) is 5.01. The molecule has 2 aliphatic rings. The lowest BCUT2D eigenvalue weighted by Gasteiger charge is -2.40. The molecule has 4 amide bonds. The number of carbonyl (C=O) groups is 3. The highest BCUT2D eigenvalue weighted by Crippen LogP contribution is 2.44. The number of allylic oxidation sites excluding steroid dienone is 3. The van der Waals surface area contributed by atoms with Gasteiger partial charge in [0.2, 0.25) is 11.8 Å². The summed E-state index contributed by atoms with van der Waals surface area (Å²) in [7, 11) is 0. The second kappa shape index (κ2) is 4.08. The lowest BCUT2D eigenvalue weighted by atomic mass is 9.66. The molecular formula is C13H16N2O3. The molecule has 1 spiro atoms. The van der Waals surface area contributed by atoms with E-state index in [1.165, 1.54) is 0 Å². The van der Waals surface area contributed by atoms with E-state index in [0.717, 1.165) is 11.1 Å². The Morgan fingerprint density at radius 3 is 2.28 bits per heavy atom. The number of amides is 4. The largest absolute Gasteiger partial charge is 0.328 e. The molecule has 1 aliphatic heterocycles. The van der Waals surface area contributed by atoms with Gasteiger partial charge >= 0.3 is 6.03 Å². The molecule has 0 aromatic rings. The number of imide groups is 2. The van der Waals surface area contributed by atoms with Crippen LogP contribution in [0.3, 0.4) is 0 Å². The lowest BCUT2D eigenvalue weighted by molar-refractivity contribution is -0.145. The van der Waals surface area contributed by atoms with Crippen molar-refractivity contribution in [2.45, 2.75) is 26.7 Å². The van der Waals surface area contributed by atoms with E-state index >= 15 is 0 Å². The van der Waals surface area contributed by atoms with Gasteiger partial charge in [0.05, 0.1) is 0 Å². The average Bonchev–Trinajstić information content (AvgIpc) is 2.30. The van der Waals surface area contributed by atoms with Gasteiger partial charge in [-0.05, 0) is 32.6 Å². The minimum atomic E-state index is -1.17. The van der Waals surface area contributed by atoms with E-state index in [2.05, 4.69) is 17.2 Å². The minimum absolute atomic E-state index is 0.0107. The van der Waals surface area contributed by atoms with E-state index < -0.39 is 23.3 Å². The molecule has 1 saturated heterocycles. The third-order valence-electron chi connectivity index (χ3n) is 3.97. The van der Waals surface area contributed by atoms with Gasteiger partial charge in [-0.1, -0.05) is 17.2 Å². The van der Waals surface area contributed by atoms with Crippen LogP contribution < -0.4 is 10.6 Å². The van der Waals surface area contributed by atoms with E-state index in [1.807, 2.05) is 13.8 Å². The predicted octanol–water partition coefficient (Wildman–Crippen LogP) is 1.27. The zero-order chi connectivity index (χ0) is 13.5. The summed E-state index contributed by atoms with van der Waals surface area (Å²) in [6.07, 6.45) is 2.47. The first kappa shape index (κ1) is 12.5. The summed E-state index contributed by atoms with van der Waals surface area (Å²) in [4.78, 5) is 35.2. The van der Waals surface area contributed by atoms with Crippen molar-refractivity contribution >= 4 is 17.8 Å². The number of urea groups is 1. The molecule has 0 aromatic heterocycles. The summed E-state index contributed by atoms with van der Waals surface area (Å²) >= 11 is 0. The quantitative estimate of drug-likeness (QED) is 0.542. The van der Waals surface area contributed by atoms with Crippen LogP contribution in [0.1, 0.15) is 26.7 Å². The van der Waals surface area contributed by atoms with Gasteiger partial charge in [0.1, 0.15) is 5.41 Å². The summed E-state index contributed by atoms with van der Waals surface area (Å²) < 4.78 is 0. The van der Waals surface area contributed by atoms with Gasteiger partial charge < -0.3 is 0 Å². The van der Waals surface area contributed by atoms with Crippen LogP contribution in [0.25, 0.3) is 0 Å². The highest BCUT2D eigenvalue weighted by molar-refractivity contribution is 6.19. The maximum absolute atomic E-state index is 12.1. The van der Waals surface area contributed by atoms with Gasteiger partial charge in [0, 0.05) is 0 Å². The van der Waals surface area contributed by atoms with Crippen molar-refractivity contribution in [1.29, 1.82) is 0 Å². The molecule has 5 nitrogen and oxygen atoms in total. The summed E-state index contributed by atoms with van der Waals surface area (Å²) in [6, 6.07) is -0.741. The summed E-state index contributed by atoms with van der Waals surface area (Å²) in [5.74, 6) is -1.02. The van der Waals surface area contributed by atoms with Crippen molar-refractivity contribution in [3.63, 3.8) is 0 Å². The molecule has 0 bridgehead atoms. The normalized spacial score (nSPS) is 27.0. The van der Waals surface area contributed by atoms with Gasteiger partial charge in [0.25, 0.3) is 0 Å². The Morgan fingerprint density at radius 2 is 1.78 bits per heavy atom. The first-order chi connectivity index (χ1) is 8.40. The lowest BCUT2D eigenvalue weighted by Crippen LogP contribution is -2.63. The van der Waals surface area contributed by atoms with E-state index in [1.54, 1.807) is 6.08 Å². The average molecular weight is 248 g/mol. The highest BCUT2D eigenvalue weighted by atomic mass is 16.2. The topological polar surface area (TPSA) is 75.3 Å². The number of rotatable bonds is 1. The zero-order valence-electron chi connectivity index (χ0n) is 10.5. The van der Waals surface area contributed by atoms with Crippen LogP contribution in [-0.4, -0.2) is 17.8 Å². The number of carbonyl (C=O) groups excluding carboxylic acids is 3. The Morgan fingerprint density at radius 1 is 1.22 bits per heavy atom. The molecule has 96 valence electrons. The Balaban J connectivity index is 2.44. The SMILES string of the molecule is C=CC1CC2(CC(C)=C1C)C(=O)NC(=O)NC2=O. The Kier molecular flexibility index (Phi) is 2.84. The van der Waals surface area contributed by atoms with Gasteiger partial charge in [-0.25, -0.2) is 4.79 Å². The Hall–Kier alpha value is -1.91. The molecule has 0 saturated carbocycles. The molecule has 1 atom stereocenters. The molecule has 5 heteroatoms. The fourth-order valence-electron chi connectivity index (χ4n) is 2.70. The van der Waals surface area contributed by atoms with Gasteiger partial charge in [0.15, 0.2) is 0 Å². The smallest absolute Gasteiger partial charge is 0.277 e. The third kappa shape index (κ3) is 1.66. The fourth-order valence-corrected chi connectivity index (χ4v) is 2.70. The first-order valence-electron chi connectivity index (χ1n) is 5.86. The van der Waals surface area contributed by atoms with E-state index in [0.29, 0.717) is 12.8 Å². The highest BCUT2D eigenvalue weighted by Gasteiger charge is 2.52. The van der Waals surface area contributed by atoms with E-state index in [9.17, 15) is 14.4 Å². The van der Waals surface area contributed by atoms with Crippen LogP contribution in [0.2, 0.25) is 0 Å². The minimum Gasteiger partial charge on any atom is -0.277 e. The maximum Gasteiger partial charge on any atom is 0.328 e. The van der Waals surface area contributed by atoms with Crippen LogP contribution >= 0.6 is 0 Å². The third-order valence-corrected chi connectivity index (χ3v) is 3.97. The monoisotopic (exact) mass is 248 g/mol. The van der Waals surface area contributed by atoms with E-state index in [-0.39, 0.29) is 5.92 Å². The second-order valence-electron chi connectivity index (χ2n) is 5.01. The van der Waals surface area contributed by atoms with Gasteiger partial charge in [-0.15, -0.1) is 6.58 Å². The molecule has 1 fully saturated rings. The van der Waals surface area contributed by atoms with Crippen molar-refractivity contribution in [2.75, 3.05) is 0 Å². The van der Waals surface area contributed by atoms with Gasteiger partial charge in [-0.2, -0.15) is 0 Å².